The van der Waals surface area contributed by atoms with E-state index in [1.807, 2.05) is 30.3 Å². The number of hydrogen-bond donors (Lipinski definition) is 0. The molecule has 0 radical (unpaired) electrons. The van der Waals surface area contributed by atoms with E-state index in [1.54, 1.807) is 7.11 Å². The first-order chi connectivity index (χ1) is 12.1. The molecule has 0 aliphatic rings. The topological polar surface area (TPSA) is 22.1 Å². The molecule has 2 nitrogen and oxygen atoms in total. The lowest BCUT2D eigenvalue weighted by Crippen LogP contribution is -2.04. The fourth-order valence-corrected chi connectivity index (χ4v) is 2.90. The predicted molar refractivity (Wildman–Crippen MR) is 99.9 cm³/mol. The summed E-state index contributed by atoms with van der Waals surface area (Å²) in [6, 6.07) is 18.8. The molecule has 0 atom stereocenters. The summed E-state index contributed by atoms with van der Waals surface area (Å²) in [5, 5.41) is 0. The molecule has 3 heteroatoms. The first-order valence-corrected chi connectivity index (χ1v) is 8.44. The number of rotatable bonds is 5. The van der Waals surface area contributed by atoms with Gasteiger partial charge in [-0.05, 0) is 35.2 Å². The second-order valence-corrected chi connectivity index (χ2v) is 6.38. The van der Waals surface area contributed by atoms with Gasteiger partial charge in [-0.1, -0.05) is 56.3 Å². The fourth-order valence-electron chi connectivity index (χ4n) is 2.90. The third-order valence-corrected chi connectivity index (χ3v) is 4.23. The summed E-state index contributed by atoms with van der Waals surface area (Å²) < 4.78 is 18.8. The zero-order chi connectivity index (χ0) is 17.8. The van der Waals surface area contributed by atoms with E-state index in [0.717, 1.165) is 33.6 Å². The SMILES string of the molecule is COCc1c(-c2ccc(F)cc2)cc(C(C)C)nc1-c1ccccc1. The summed E-state index contributed by atoms with van der Waals surface area (Å²) in [5.41, 5.74) is 6.02. The van der Waals surface area contributed by atoms with Gasteiger partial charge in [0.1, 0.15) is 5.82 Å². The first kappa shape index (κ1) is 17.3. The Labute approximate surface area is 148 Å². The first-order valence-electron chi connectivity index (χ1n) is 8.44. The van der Waals surface area contributed by atoms with E-state index in [1.165, 1.54) is 12.1 Å². The number of hydrogen-bond acceptors (Lipinski definition) is 2. The van der Waals surface area contributed by atoms with Crippen LogP contribution < -0.4 is 0 Å². The highest BCUT2D eigenvalue weighted by Gasteiger charge is 2.17. The van der Waals surface area contributed by atoms with Crippen LogP contribution in [0.15, 0.2) is 60.7 Å². The molecule has 0 N–H and O–H groups in total. The summed E-state index contributed by atoms with van der Waals surface area (Å²) in [6.07, 6.45) is 0. The Hall–Kier alpha value is -2.52. The van der Waals surface area contributed by atoms with Crippen LogP contribution in [0.4, 0.5) is 4.39 Å². The van der Waals surface area contributed by atoms with Gasteiger partial charge in [-0.3, -0.25) is 4.98 Å². The lowest BCUT2D eigenvalue weighted by atomic mass is 9.93. The standard InChI is InChI=1S/C22H22FNO/c1-15(2)21-13-19(16-9-11-18(23)12-10-16)20(14-25-3)22(24-21)17-7-5-4-6-8-17/h4-13,15H,14H2,1-3H3. The molecule has 0 bridgehead atoms. The number of methoxy groups -OCH3 is 1. The second kappa shape index (κ2) is 7.58. The van der Waals surface area contributed by atoms with Crippen LogP contribution in [0.25, 0.3) is 22.4 Å². The minimum absolute atomic E-state index is 0.238. The van der Waals surface area contributed by atoms with Crippen molar-refractivity contribution in [1.29, 1.82) is 0 Å². The number of aromatic nitrogens is 1. The van der Waals surface area contributed by atoms with Gasteiger partial charge < -0.3 is 4.74 Å². The van der Waals surface area contributed by atoms with Gasteiger partial charge >= 0.3 is 0 Å². The quantitative estimate of drug-likeness (QED) is 0.586. The molecule has 128 valence electrons. The molecule has 0 fully saturated rings. The molecule has 3 aromatic rings. The minimum Gasteiger partial charge on any atom is -0.380 e. The van der Waals surface area contributed by atoms with E-state index < -0.39 is 0 Å². The van der Waals surface area contributed by atoms with Gasteiger partial charge in [-0.25, -0.2) is 4.39 Å². The third-order valence-electron chi connectivity index (χ3n) is 4.23. The molecule has 25 heavy (non-hydrogen) atoms. The molecular weight excluding hydrogens is 313 g/mol. The van der Waals surface area contributed by atoms with Gasteiger partial charge in [0.2, 0.25) is 0 Å². The smallest absolute Gasteiger partial charge is 0.123 e. The van der Waals surface area contributed by atoms with Crippen LogP contribution in [0.3, 0.4) is 0 Å². The number of nitrogens with zero attached hydrogens (tertiary/aromatic N) is 1. The van der Waals surface area contributed by atoms with Crippen molar-refractivity contribution < 1.29 is 9.13 Å². The van der Waals surface area contributed by atoms with Crippen molar-refractivity contribution in [1.82, 2.24) is 4.98 Å². The van der Waals surface area contributed by atoms with Crippen LogP contribution in [0.5, 0.6) is 0 Å². The third kappa shape index (κ3) is 3.77. The lowest BCUT2D eigenvalue weighted by molar-refractivity contribution is 0.185. The summed E-state index contributed by atoms with van der Waals surface area (Å²) in [4.78, 5) is 4.91. The number of halogens is 1. The molecule has 0 amide bonds. The van der Waals surface area contributed by atoms with E-state index >= 15 is 0 Å². The van der Waals surface area contributed by atoms with E-state index in [-0.39, 0.29) is 5.82 Å². The Morgan fingerprint density at radius 2 is 1.64 bits per heavy atom. The Morgan fingerprint density at radius 1 is 0.960 bits per heavy atom. The highest BCUT2D eigenvalue weighted by molar-refractivity contribution is 5.76. The molecule has 0 spiro atoms. The van der Waals surface area contributed by atoms with Gasteiger partial charge in [0.05, 0.1) is 12.3 Å². The van der Waals surface area contributed by atoms with Gasteiger partial charge in [0, 0.05) is 23.9 Å². The molecule has 1 aromatic heterocycles. The Kier molecular flexibility index (Phi) is 5.25. The molecule has 0 saturated carbocycles. The van der Waals surface area contributed by atoms with Crippen molar-refractivity contribution in [3.63, 3.8) is 0 Å². The van der Waals surface area contributed by atoms with Crippen LogP contribution in [0.2, 0.25) is 0 Å². The van der Waals surface area contributed by atoms with Crippen molar-refractivity contribution in [2.45, 2.75) is 26.4 Å². The van der Waals surface area contributed by atoms with Crippen LogP contribution in [-0.2, 0) is 11.3 Å². The van der Waals surface area contributed by atoms with E-state index in [9.17, 15) is 4.39 Å². The molecule has 0 unspecified atom stereocenters. The fraction of sp³-hybridized carbons (Fsp3) is 0.227. The van der Waals surface area contributed by atoms with E-state index in [2.05, 4.69) is 32.0 Å². The number of pyridine rings is 1. The summed E-state index contributed by atoms with van der Waals surface area (Å²) in [6.45, 7) is 4.70. The van der Waals surface area contributed by atoms with Gasteiger partial charge in [0.15, 0.2) is 0 Å². The average molecular weight is 335 g/mol. The highest BCUT2D eigenvalue weighted by atomic mass is 19.1. The molecule has 3 rings (SSSR count). The maximum absolute atomic E-state index is 13.4. The Balaban J connectivity index is 2.28. The van der Waals surface area contributed by atoms with Crippen LogP contribution in [-0.4, -0.2) is 12.1 Å². The molecule has 1 heterocycles. The van der Waals surface area contributed by atoms with Gasteiger partial charge in [0.25, 0.3) is 0 Å². The van der Waals surface area contributed by atoms with E-state index in [4.69, 9.17) is 9.72 Å². The van der Waals surface area contributed by atoms with Gasteiger partial charge in [-0.15, -0.1) is 0 Å². The lowest BCUT2D eigenvalue weighted by Gasteiger charge is -2.18. The van der Waals surface area contributed by atoms with Gasteiger partial charge in [-0.2, -0.15) is 0 Å². The van der Waals surface area contributed by atoms with Crippen molar-refractivity contribution in [2.24, 2.45) is 0 Å². The maximum Gasteiger partial charge on any atom is 0.123 e. The van der Waals surface area contributed by atoms with Crippen molar-refractivity contribution >= 4 is 0 Å². The number of ether oxygens (including phenoxy) is 1. The Bertz CT molecular complexity index is 842. The normalized spacial score (nSPS) is 11.1. The van der Waals surface area contributed by atoms with Crippen molar-refractivity contribution in [3.8, 4) is 22.4 Å². The minimum atomic E-state index is -0.238. The monoisotopic (exact) mass is 335 g/mol. The van der Waals surface area contributed by atoms with Crippen LogP contribution in [0.1, 0.15) is 31.0 Å². The van der Waals surface area contributed by atoms with Crippen molar-refractivity contribution in [3.05, 3.63) is 77.7 Å². The molecular formula is C22H22FNO. The summed E-state index contributed by atoms with van der Waals surface area (Å²) >= 11 is 0. The zero-order valence-corrected chi connectivity index (χ0v) is 14.8. The highest BCUT2D eigenvalue weighted by Crippen LogP contribution is 2.34. The second-order valence-electron chi connectivity index (χ2n) is 6.38. The molecule has 0 saturated heterocycles. The van der Waals surface area contributed by atoms with Crippen LogP contribution >= 0.6 is 0 Å². The Morgan fingerprint density at radius 3 is 2.24 bits per heavy atom. The molecule has 0 aliphatic heterocycles. The zero-order valence-electron chi connectivity index (χ0n) is 14.8. The predicted octanol–water partition coefficient (Wildman–Crippen LogP) is 5.82. The van der Waals surface area contributed by atoms with Crippen LogP contribution in [0, 0.1) is 5.82 Å². The molecule has 0 aliphatic carbocycles. The van der Waals surface area contributed by atoms with Crippen molar-refractivity contribution in [2.75, 3.05) is 7.11 Å². The molecule has 2 aromatic carbocycles. The summed E-state index contributed by atoms with van der Waals surface area (Å²) in [7, 11) is 1.68. The van der Waals surface area contributed by atoms with E-state index in [0.29, 0.717) is 12.5 Å². The average Bonchev–Trinajstić information content (AvgIpc) is 2.63. The largest absolute Gasteiger partial charge is 0.380 e. The maximum atomic E-state index is 13.4. The number of benzene rings is 2. The summed E-state index contributed by atoms with van der Waals surface area (Å²) in [5.74, 6) is 0.0525.